The maximum atomic E-state index is 14.2. The van der Waals surface area contributed by atoms with E-state index < -0.39 is 12.6 Å². The first kappa shape index (κ1) is 83.9. The topological polar surface area (TPSA) is 80.3 Å². The van der Waals surface area contributed by atoms with Crippen molar-refractivity contribution in [2.75, 3.05) is 13.2 Å². The minimum Gasteiger partial charge on any atom is -0.463 e. The first-order chi connectivity index (χ1) is 43.5. The molecule has 2 rings (SSSR count). The lowest BCUT2D eigenvalue weighted by atomic mass is 9.78. The summed E-state index contributed by atoms with van der Waals surface area (Å²) in [5, 5.41) is 0. The van der Waals surface area contributed by atoms with Crippen molar-refractivity contribution in [3.8, 4) is 0 Å². The molecule has 2 aliphatic rings. The Labute approximate surface area is 556 Å². The van der Waals surface area contributed by atoms with Gasteiger partial charge in [0, 0.05) is 11.8 Å². The maximum absolute atomic E-state index is 14.2. The summed E-state index contributed by atoms with van der Waals surface area (Å²) in [4.78, 5) is 28.4. The van der Waals surface area contributed by atoms with Crippen molar-refractivity contribution in [3.05, 3.63) is 0 Å². The van der Waals surface area contributed by atoms with Gasteiger partial charge in [0.2, 0.25) is 0 Å². The number of carbonyl (C=O) groups excluding carboxylic acids is 2. The zero-order valence-corrected chi connectivity index (χ0v) is 61.8. The predicted molar refractivity (Wildman–Crippen MR) is 384 cm³/mol. The number of hydrogen-bond donors (Lipinski definition) is 0. The van der Waals surface area contributed by atoms with Gasteiger partial charge in [-0.2, -0.15) is 0 Å². The molecular weight excluding hydrogens is 1100 g/mol. The molecule has 528 valence electrons. The SMILES string of the molecule is CCCCCCCCCCCCCCCC(CCCCCCCCCCCCCCC)C(=O)OCC1O[C@H](O[C@H]2OC(COC(=O)C(CCCCCCCCCCCCCCC)CCCCCCCCCCCCCCC)[C@@H](C)[C@H](C)C2C)C(C)[C@@H](C)[C@@H]1C. The van der Waals surface area contributed by atoms with Gasteiger partial charge in [-0.25, -0.2) is 0 Å². The van der Waals surface area contributed by atoms with Crippen molar-refractivity contribution in [3.63, 3.8) is 0 Å². The summed E-state index contributed by atoms with van der Waals surface area (Å²) in [5.74, 6) is 1.15. The average molecular weight is 1260 g/mol. The van der Waals surface area contributed by atoms with Gasteiger partial charge >= 0.3 is 11.9 Å². The Kier molecular flexibility index (Phi) is 55.9. The molecule has 7 nitrogen and oxygen atoms in total. The van der Waals surface area contributed by atoms with Crippen LogP contribution in [0, 0.1) is 47.3 Å². The first-order valence-electron chi connectivity index (χ1n) is 40.8. The Morgan fingerprint density at radius 1 is 0.258 bits per heavy atom. The Hall–Kier alpha value is -1.18. The Morgan fingerprint density at radius 3 is 0.629 bits per heavy atom. The highest BCUT2D eigenvalue weighted by Crippen LogP contribution is 2.41. The first-order valence-corrected chi connectivity index (χ1v) is 40.8. The van der Waals surface area contributed by atoms with Gasteiger partial charge in [0.05, 0.1) is 24.0 Å². The van der Waals surface area contributed by atoms with Crippen molar-refractivity contribution in [1.29, 1.82) is 0 Å². The molecule has 0 aromatic carbocycles. The van der Waals surface area contributed by atoms with Crippen LogP contribution in [0.2, 0.25) is 0 Å². The van der Waals surface area contributed by atoms with Crippen LogP contribution in [0.4, 0.5) is 0 Å². The smallest absolute Gasteiger partial charge is 0.309 e. The van der Waals surface area contributed by atoms with E-state index in [2.05, 4.69) is 69.2 Å². The highest BCUT2D eigenvalue weighted by Gasteiger charge is 2.46. The van der Waals surface area contributed by atoms with Crippen molar-refractivity contribution in [1.82, 2.24) is 0 Å². The second-order valence-corrected chi connectivity index (χ2v) is 30.2. The molecule has 0 aliphatic carbocycles. The van der Waals surface area contributed by atoms with E-state index in [4.69, 9.17) is 23.7 Å². The molecule has 2 fully saturated rings. The molecule has 0 aromatic heterocycles. The second kappa shape index (κ2) is 59.3. The molecule has 0 aromatic rings. The van der Waals surface area contributed by atoms with E-state index in [9.17, 15) is 9.59 Å². The molecular formula is C82H158O7. The number of hydrogen-bond acceptors (Lipinski definition) is 7. The predicted octanol–water partition coefficient (Wildman–Crippen LogP) is 26.5. The molecule has 0 bridgehead atoms. The van der Waals surface area contributed by atoms with Crippen LogP contribution in [0.1, 0.15) is 429 Å². The van der Waals surface area contributed by atoms with Crippen LogP contribution in [0.25, 0.3) is 0 Å². The fourth-order valence-corrected chi connectivity index (χ4v) is 14.8. The third-order valence-electron chi connectivity index (χ3n) is 22.3. The van der Waals surface area contributed by atoms with Gasteiger partial charge < -0.3 is 23.7 Å². The Bertz CT molecular complexity index is 1370. The highest BCUT2D eigenvalue weighted by atomic mass is 16.8. The van der Waals surface area contributed by atoms with E-state index in [1.807, 2.05) is 0 Å². The van der Waals surface area contributed by atoms with E-state index in [0.717, 1.165) is 51.4 Å². The molecule has 0 N–H and O–H groups in total. The van der Waals surface area contributed by atoms with Crippen LogP contribution < -0.4 is 0 Å². The van der Waals surface area contributed by atoms with Crippen LogP contribution in [0.3, 0.4) is 0 Å². The van der Waals surface area contributed by atoms with E-state index in [1.54, 1.807) is 0 Å². The van der Waals surface area contributed by atoms with Gasteiger partial charge in [-0.1, -0.05) is 403 Å². The monoisotopic (exact) mass is 1260 g/mol. The van der Waals surface area contributed by atoms with Crippen molar-refractivity contribution >= 4 is 11.9 Å². The minimum absolute atomic E-state index is 0.0252. The molecule has 89 heavy (non-hydrogen) atoms. The molecule has 2 heterocycles. The van der Waals surface area contributed by atoms with E-state index in [1.165, 1.54) is 308 Å². The number of unbranched alkanes of at least 4 members (excludes halogenated alkanes) is 48. The zero-order chi connectivity index (χ0) is 64.6. The van der Waals surface area contributed by atoms with Crippen LogP contribution in [0.5, 0.6) is 0 Å². The lowest BCUT2D eigenvalue weighted by Gasteiger charge is -2.48. The summed E-state index contributed by atoms with van der Waals surface area (Å²) < 4.78 is 33.4. The van der Waals surface area contributed by atoms with Gasteiger partial charge in [-0.05, 0) is 49.4 Å². The van der Waals surface area contributed by atoms with Crippen LogP contribution >= 0.6 is 0 Å². The van der Waals surface area contributed by atoms with Crippen molar-refractivity contribution in [2.24, 2.45) is 47.3 Å². The van der Waals surface area contributed by atoms with E-state index in [0.29, 0.717) is 11.8 Å². The fraction of sp³-hybridized carbons (Fsp3) is 0.976. The zero-order valence-electron chi connectivity index (χ0n) is 61.8. The number of ether oxygens (including phenoxy) is 5. The van der Waals surface area contributed by atoms with Crippen LogP contribution in [-0.2, 0) is 33.3 Å². The van der Waals surface area contributed by atoms with Gasteiger partial charge in [0.1, 0.15) is 13.2 Å². The summed E-state index contributed by atoms with van der Waals surface area (Å²) in [6.07, 6.45) is 71.6. The van der Waals surface area contributed by atoms with E-state index in [-0.39, 0.29) is 72.9 Å². The average Bonchev–Trinajstić information content (AvgIpc) is 2.35. The van der Waals surface area contributed by atoms with Gasteiger partial charge in [0.25, 0.3) is 0 Å². The van der Waals surface area contributed by atoms with Crippen LogP contribution in [-0.4, -0.2) is 49.9 Å². The molecule has 7 heteroatoms. The molecule has 2 aliphatic heterocycles. The molecule has 2 saturated heterocycles. The lowest BCUT2D eigenvalue weighted by molar-refractivity contribution is -0.344. The quantitative estimate of drug-likeness (QED) is 0.0443. The molecule has 0 radical (unpaired) electrons. The molecule has 10 atom stereocenters. The largest absolute Gasteiger partial charge is 0.463 e. The van der Waals surface area contributed by atoms with Gasteiger partial charge in [-0.3, -0.25) is 9.59 Å². The summed E-state index contributed by atoms with van der Waals surface area (Å²) in [6, 6.07) is 0. The molecule has 4 unspecified atom stereocenters. The minimum atomic E-state index is -0.487. The normalized spacial score (nSPS) is 22.2. The van der Waals surface area contributed by atoms with Crippen LogP contribution in [0.15, 0.2) is 0 Å². The fourth-order valence-electron chi connectivity index (χ4n) is 14.8. The van der Waals surface area contributed by atoms with Gasteiger partial charge in [0.15, 0.2) is 12.6 Å². The van der Waals surface area contributed by atoms with Crippen molar-refractivity contribution < 1.29 is 33.3 Å². The summed E-state index contributed by atoms with van der Waals surface area (Å²) in [5.41, 5.74) is 0. The second-order valence-electron chi connectivity index (χ2n) is 30.2. The summed E-state index contributed by atoms with van der Waals surface area (Å²) in [7, 11) is 0. The number of rotatable bonds is 64. The van der Waals surface area contributed by atoms with Gasteiger partial charge in [-0.15, -0.1) is 0 Å². The lowest BCUT2D eigenvalue weighted by Crippen LogP contribution is -2.53. The standard InChI is InChI=1S/C82H158O7/c1-11-15-19-23-27-31-35-39-43-47-51-55-59-63-75(64-60-56-52-48-44-40-36-32-28-24-20-16-12-2)79(83)85-67-77-71(7)69(5)73(9)81(87-77)89-82-74(10)70(6)72(8)78(88-82)68-86-80(84)76(65-61-57-53-49-45-41-37-33-29-25-21-17-13-3)66-62-58-54-50-46-42-38-34-30-26-22-18-14-4/h69-78,81-82H,11-68H2,1-10H3/t69-,70-,71-,72-,73?,74?,77?,78?,81+,82+/m0/s1. The Morgan fingerprint density at radius 2 is 0.438 bits per heavy atom. The summed E-state index contributed by atoms with van der Waals surface area (Å²) in [6.45, 7) is 23.3. The molecule has 0 amide bonds. The highest BCUT2D eigenvalue weighted by molar-refractivity contribution is 5.72. The Balaban J connectivity index is 1.98. The van der Waals surface area contributed by atoms with E-state index >= 15 is 0 Å². The number of carbonyl (C=O) groups is 2. The molecule has 0 spiro atoms. The van der Waals surface area contributed by atoms with Crippen molar-refractivity contribution in [2.45, 2.75) is 454 Å². The molecule has 0 saturated carbocycles. The number of esters is 2. The third-order valence-corrected chi connectivity index (χ3v) is 22.3. The maximum Gasteiger partial charge on any atom is 0.309 e. The third kappa shape index (κ3) is 42.8. The summed E-state index contributed by atoms with van der Waals surface area (Å²) >= 11 is 0.